The standard InChI is InChI=1S/C15H18N4OS/c1-10-9-21-15(16-10)18-6-11(7-18)8-19-14(20)5-12-3-2-4-13(12)17-19/h5,9,11H,2-4,6-8H2,1H3. The molecule has 0 N–H and O–H groups in total. The normalized spacial score (nSPS) is 17.9. The molecule has 0 radical (unpaired) electrons. The van der Waals surface area contributed by atoms with Crippen LogP contribution in [0.5, 0.6) is 0 Å². The number of thiazole rings is 1. The maximum absolute atomic E-state index is 12.1. The van der Waals surface area contributed by atoms with Crippen LogP contribution in [0, 0.1) is 12.8 Å². The molecule has 0 bridgehead atoms. The van der Waals surface area contributed by atoms with Gasteiger partial charge < -0.3 is 4.90 Å². The zero-order valence-electron chi connectivity index (χ0n) is 12.1. The first-order valence-corrected chi connectivity index (χ1v) is 8.34. The molecule has 0 aromatic carbocycles. The highest BCUT2D eigenvalue weighted by molar-refractivity contribution is 7.13. The molecular formula is C15H18N4OS. The van der Waals surface area contributed by atoms with Gasteiger partial charge in [-0.25, -0.2) is 9.67 Å². The fourth-order valence-corrected chi connectivity index (χ4v) is 3.97. The second kappa shape index (κ2) is 4.94. The summed E-state index contributed by atoms with van der Waals surface area (Å²) in [5, 5.41) is 7.72. The minimum Gasteiger partial charge on any atom is -0.347 e. The molecule has 2 aromatic rings. The molecule has 21 heavy (non-hydrogen) atoms. The van der Waals surface area contributed by atoms with Crippen molar-refractivity contribution < 1.29 is 0 Å². The first kappa shape index (κ1) is 13.0. The molecule has 0 spiro atoms. The minimum absolute atomic E-state index is 0.0548. The van der Waals surface area contributed by atoms with Crippen molar-refractivity contribution in [3.05, 3.63) is 38.8 Å². The Balaban J connectivity index is 1.43. The number of hydrogen-bond acceptors (Lipinski definition) is 5. The first-order chi connectivity index (χ1) is 10.2. The third-order valence-corrected chi connectivity index (χ3v) is 5.31. The molecule has 0 amide bonds. The van der Waals surface area contributed by atoms with Crippen LogP contribution in [0.15, 0.2) is 16.2 Å². The highest BCUT2D eigenvalue weighted by Crippen LogP contribution is 2.28. The van der Waals surface area contributed by atoms with Crippen LogP contribution in [0.25, 0.3) is 0 Å². The van der Waals surface area contributed by atoms with Crippen LogP contribution < -0.4 is 10.5 Å². The maximum Gasteiger partial charge on any atom is 0.267 e. The molecule has 4 rings (SSSR count). The average molecular weight is 302 g/mol. The molecule has 2 aliphatic rings. The number of aryl methyl sites for hydroxylation is 3. The van der Waals surface area contributed by atoms with Crippen molar-refractivity contribution >= 4 is 16.5 Å². The molecule has 1 saturated heterocycles. The van der Waals surface area contributed by atoms with Gasteiger partial charge in [0.05, 0.1) is 17.9 Å². The molecule has 110 valence electrons. The lowest BCUT2D eigenvalue weighted by atomic mass is 10.0. The summed E-state index contributed by atoms with van der Waals surface area (Å²) in [6.45, 7) is 4.69. The quantitative estimate of drug-likeness (QED) is 0.865. The number of rotatable bonds is 3. The molecule has 6 heteroatoms. The Bertz CT molecular complexity index is 730. The number of hydrogen-bond donors (Lipinski definition) is 0. The summed E-state index contributed by atoms with van der Waals surface area (Å²) in [7, 11) is 0. The van der Waals surface area contributed by atoms with Crippen LogP contribution >= 0.6 is 11.3 Å². The minimum atomic E-state index is 0.0548. The smallest absolute Gasteiger partial charge is 0.267 e. The maximum atomic E-state index is 12.1. The van der Waals surface area contributed by atoms with Crippen LogP contribution in [-0.2, 0) is 19.4 Å². The number of aromatic nitrogens is 3. The summed E-state index contributed by atoms with van der Waals surface area (Å²) in [4.78, 5) is 18.9. The average Bonchev–Trinajstić information content (AvgIpc) is 3.01. The van der Waals surface area contributed by atoms with E-state index in [1.165, 1.54) is 0 Å². The van der Waals surface area contributed by atoms with Gasteiger partial charge in [0.1, 0.15) is 0 Å². The van der Waals surface area contributed by atoms with Crippen molar-refractivity contribution in [2.75, 3.05) is 18.0 Å². The summed E-state index contributed by atoms with van der Waals surface area (Å²) in [5.41, 5.74) is 3.42. The third kappa shape index (κ3) is 2.37. The zero-order valence-corrected chi connectivity index (χ0v) is 12.9. The lowest BCUT2D eigenvalue weighted by Crippen LogP contribution is -2.49. The van der Waals surface area contributed by atoms with Gasteiger partial charge in [-0.3, -0.25) is 4.79 Å². The van der Waals surface area contributed by atoms with E-state index in [4.69, 9.17) is 0 Å². The van der Waals surface area contributed by atoms with E-state index in [0.717, 1.165) is 61.0 Å². The van der Waals surface area contributed by atoms with Gasteiger partial charge in [-0.2, -0.15) is 5.10 Å². The van der Waals surface area contributed by atoms with E-state index in [1.807, 2.05) is 6.92 Å². The van der Waals surface area contributed by atoms with Crippen molar-refractivity contribution in [1.29, 1.82) is 0 Å². The molecule has 1 fully saturated rings. The van der Waals surface area contributed by atoms with Crippen molar-refractivity contribution in [2.45, 2.75) is 32.7 Å². The molecule has 0 saturated carbocycles. The monoisotopic (exact) mass is 302 g/mol. The molecule has 3 heterocycles. The van der Waals surface area contributed by atoms with Crippen LogP contribution in [0.3, 0.4) is 0 Å². The Morgan fingerprint density at radius 1 is 1.38 bits per heavy atom. The molecular weight excluding hydrogens is 284 g/mol. The summed E-state index contributed by atoms with van der Waals surface area (Å²) in [6, 6.07) is 1.79. The van der Waals surface area contributed by atoms with Crippen molar-refractivity contribution in [1.82, 2.24) is 14.8 Å². The summed E-state index contributed by atoms with van der Waals surface area (Å²) < 4.78 is 1.67. The van der Waals surface area contributed by atoms with E-state index < -0.39 is 0 Å². The van der Waals surface area contributed by atoms with Gasteiger partial charge >= 0.3 is 0 Å². The van der Waals surface area contributed by atoms with Crippen molar-refractivity contribution in [3.63, 3.8) is 0 Å². The van der Waals surface area contributed by atoms with E-state index in [9.17, 15) is 4.79 Å². The SMILES string of the molecule is Cc1csc(N2CC(Cn3nc4c(cc3=O)CCC4)C2)n1. The van der Waals surface area contributed by atoms with Crippen molar-refractivity contribution in [3.8, 4) is 0 Å². The van der Waals surface area contributed by atoms with Crippen molar-refractivity contribution in [2.24, 2.45) is 5.92 Å². The van der Waals surface area contributed by atoms with Crippen LogP contribution in [-0.4, -0.2) is 27.9 Å². The lowest BCUT2D eigenvalue weighted by Gasteiger charge is -2.39. The second-order valence-electron chi connectivity index (χ2n) is 6.03. The van der Waals surface area contributed by atoms with Gasteiger partial charge in [0.15, 0.2) is 5.13 Å². The molecule has 2 aromatic heterocycles. The van der Waals surface area contributed by atoms with Gasteiger partial charge in [-0.15, -0.1) is 11.3 Å². The Hall–Kier alpha value is -1.69. The topological polar surface area (TPSA) is 51.0 Å². The highest BCUT2D eigenvalue weighted by Gasteiger charge is 2.29. The Kier molecular flexibility index (Phi) is 3.06. The fourth-order valence-electron chi connectivity index (χ4n) is 3.14. The number of anilines is 1. The van der Waals surface area contributed by atoms with Gasteiger partial charge in [0.25, 0.3) is 5.56 Å². The largest absolute Gasteiger partial charge is 0.347 e. The number of nitrogens with zero attached hydrogens (tertiary/aromatic N) is 4. The van der Waals surface area contributed by atoms with Crippen LogP contribution in [0.1, 0.15) is 23.4 Å². The first-order valence-electron chi connectivity index (χ1n) is 7.46. The van der Waals surface area contributed by atoms with Gasteiger partial charge in [0, 0.05) is 30.5 Å². The summed E-state index contributed by atoms with van der Waals surface area (Å²) in [6.07, 6.45) is 3.16. The van der Waals surface area contributed by atoms with Crippen LogP contribution in [0.4, 0.5) is 5.13 Å². The molecule has 0 unspecified atom stereocenters. The molecule has 1 aliphatic carbocycles. The predicted octanol–water partition coefficient (Wildman–Crippen LogP) is 1.63. The van der Waals surface area contributed by atoms with E-state index in [1.54, 1.807) is 22.1 Å². The Morgan fingerprint density at radius 2 is 2.24 bits per heavy atom. The summed E-state index contributed by atoms with van der Waals surface area (Å²) >= 11 is 1.69. The van der Waals surface area contributed by atoms with Crippen LogP contribution in [0.2, 0.25) is 0 Å². The second-order valence-corrected chi connectivity index (χ2v) is 6.87. The third-order valence-electron chi connectivity index (χ3n) is 4.29. The van der Waals surface area contributed by atoms with E-state index >= 15 is 0 Å². The van der Waals surface area contributed by atoms with E-state index in [-0.39, 0.29) is 5.56 Å². The molecule has 0 atom stereocenters. The lowest BCUT2D eigenvalue weighted by molar-refractivity contribution is 0.333. The van der Waals surface area contributed by atoms with E-state index in [0.29, 0.717) is 5.92 Å². The Morgan fingerprint density at radius 3 is 3.00 bits per heavy atom. The molecule has 1 aliphatic heterocycles. The Labute approximate surface area is 127 Å². The van der Waals surface area contributed by atoms with E-state index in [2.05, 4.69) is 20.4 Å². The van der Waals surface area contributed by atoms with Gasteiger partial charge in [-0.1, -0.05) is 0 Å². The molecule has 5 nitrogen and oxygen atoms in total. The van der Waals surface area contributed by atoms with Gasteiger partial charge in [0.2, 0.25) is 0 Å². The van der Waals surface area contributed by atoms with Gasteiger partial charge in [-0.05, 0) is 31.7 Å². The summed E-state index contributed by atoms with van der Waals surface area (Å²) in [5.74, 6) is 0.499. The number of fused-ring (bicyclic) bond motifs is 1. The fraction of sp³-hybridized carbons (Fsp3) is 0.533. The predicted molar refractivity (Wildman–Crippen MR) is 83.1 cm³/mol. The zero-order chi connectivity index (χ0) is 14.4. The highest BCUT2D eigenvalue weighted by atomic mass is 32.1.